The monoisotopic (exact) mass is 290 g/mol. The molecule has 2 heterocycles. The average molecular weight is 290 g/mol. The van der Waals surface area contributed by atoms with Crippen LogP contribution in [0.1, 0.15) is 46.0 Å². The Morgan fingerprint density at radius 3 is 2.86 bits per heavy atom. The van der Waals surface area contributed by atoms with Crippen LogP contribution in [0.2, 0.25) is 0 Å². The number of nitrogens with one attached hydrogen (secondary N) is 1. The number of carbonyl (C=O) groups is 1. The Morgan fingerprint density at radius 1 is 1.38 bits per heavy atom. The van der Waals surface area contributed by atoms with E-state index in [1.165, 1.54) is 19.3 Å². The van der Waals surface area contributed by atoms with Gasteiger partial charge in [-0.3, -0.25) is 9.69 Å². The molecule has 2 atom stereocenters. The van der Waals surface area contributed by atoms with Crippen LogP contribution in [-0.4, -0.2) is 34.3 Å². The molecular formula is C16H26N4O. The molecule has 116 valence electrons. The maximum Gasteiger partial charge on any atom is 0.245 e. The van der Waals surface area contributed by atoms with E-state index in [9.17, 15) is 4.79 Å². The molecule has 1 aromatic heterocycles. The van der Waals surface area contributed by atoms with Crippen molar-refractivity contribution in [3.05, 3.63) is 12.3 Å². The van der Waals surface area contributed by atoms with Crippen LogP contribution in [0, 0.1) is 5.92 Å². The highest BCUT2D eigenvalue weighted by molar-refractivity contribution is 5.97. The summed E-state index contributed by atoms with van der Waals surface area (Å²) in [6.07, 6.45) is 7.74. The van der Waals surface area contributed by atoms with E-state index in [1.807, 2.05) is 15.6 Å². The summed E-state index contributed by atoms with van der Waals surface area (Å²) in [5, 5.41) is 7.86. The summed E-state index contributed by atoms with van der Waals surface area (Å²) < 4.78 is 1.90. The summed E-state index contributed by atoms with van der Waals surface area (Å²) >= 11 is 0. The Hall–Kier alpha value is -1.36. The number of hydrogen-bond donors (Lipinski definition) is 1. The van der Waals surface area contributed by atoms with Gasteiger partial charge in [0, 0.05) is 25.2 Å². The number of carbonyl (C=O) groups excluding carboxylic acids is 1. The number of amides is 1. The number of aromatic nitrogens is 2. The van der Waals surface area contributed by atoms with Crippen LogP contribution in [0.25, 0.3) is 0 Å². The van der Waals surface area contributed by atoms with E-state index in [1.54, 1.807) is 6.20 Å². The van der Waals surface area contributed by atoms with Crippen LogP contribution in [0.4, 0.5) is 5.82 Å². The summed E-state index contributed by atoms with van der Waals surface area (Å²) in [6.45, 7) is 5.88. The molecular weight excluding hydrogens is 264 g/mol. The Labute approximate surface area is 126 Å². The Balaban J connectivity index is 1.68. The van der Waals surface area contributed by atoms with Crippen LogP contribution in [-0.2, 0) is 11.3 Å². The maximum absolute atomic E-state index is 12.8. The minimum atomic E-state index is -0.0328. The number of aryl methyl sites for hydroxylation is 1. The SMILES string of the molecule is CCn1nccc1N1CCC[C@@H](N[C@@H](C)C2CCC2)C1=O. The van der Waals surface area contributed by atoms with E-state index in [4.69, 9.17) is 0 Å². The van der Waals surface area contributed by atoms with Gasteiger partial charge in [0.25, 0.3) is 0 Å². The number of anilines is 1. The van der Waals surface area contributed by atoms with Gasteiger partial charge in [-0.25, -0.2) is 4.68 Å². The Kier molecular flexibility index (Phi) is 4.29. The summed E-state index contributed by atoms with van der Waals surface area (Å²) in [4.78, 5) is 14.7. The molecule has 5 heteroatoms. The fourth-order valence-corrected chi connectivity index (χ4v) is 3.45. The summed E-state index contributed by atoms with van der Waals surface area (Å²) in [5.41, 5.74) is 0. The second-order valence-electron chi connectivity index (χ2n) is 6.34. The molecule has 1 saturated heterocycles. The van der Waals surface area contributed by atoms with Crippen LogP contribution in [0.15, 0.2) is 12.3 Å². The average Bonchev–Trinajstić information content (AvgIpc) is 2.87. The largest absolute Gasteiger partial charge is 0.303 e. The van der Waals surface area contributed by atoms with Crippen LogP contribution in [0.3, 0.4) is 0 Å². The maximum atomic E-state index is 12.8. The second-order valence-corrected chi connectivity index (χ2v) is 6.34. The van der Waals surface area contributed by atoms with Gasteiger partial charge in [-0.05, 0) is 45.4 Å². The highest BCUT2D eigenvalue weighted by Crippen LogP contribution is 2.30. The van der Waals surface area contributed by atoms with Gasteiger partial charge in [0.05, 0.1) is 12.2 Å². The molecule has 1 amide bonds. The Morgan fingerprint density at radius 2 is 2.19 bits per heavy atom. The summed E-state index contributed by atoms with van der Waals surface area (Å²) in [6, 6.07) is 2.36. The first kappa shape index (κ1) is 14.6. The van der Waals surface area contributed by atoms with Crippen molar-refractivity contribution in [2.75, 3.05) is 11.4 Å². The molecule has 21 heavy (non-hydrogen) atoms. The third kappa shape index (κ3) is 2.84. The number of rotatable bonds is 5. The lowest BCUT2D eigenvalue weighted by Crippen LogP contribution is -2.55. The van der Waals surface area contributed by atoms with Crippen molar-refractivity contribution < 1.29 is 4.79 Å². The molecule has 0 radical (unpaired) electrons. The van der Waals surface area contributed by atoms with Gasteiger partial charge in [-0.2, -0.15) is 5.10 Å². The van der Waals surface area contributed by atoms with E-state index in [0.717, 1.165) is 37.7 Å². The van der Waals surface area contributed by atoms with Gasteiger partial charge < -0.3 is 5.32 Å². The molecule has 1 aliphatic carbocycles. The van der Waals surface area contributed by atoms with Gasteiger partial charge in [-0.15, -0.1) is 0 Å². The quantitative estimate of drug-likeness (QED) is 0.904. The molecule has 0 unspecified atom stereocenters. The highest BCUT2D eigenvalue weighted by atomic mass is 16.2. The van der Waals surface area contributed by atoms with Crippen molar-refractivity contribution in [2.45, 2.75) is 64.6 Å². The van der Waals surface area contributed by atoms with Gasteiger partial charge >= 0.3 is 0 Å². The van der Waals surface area contributed by atoms with Gasteiger partial charge in [0.15, 0.2) is 0 Å². The fourth-order valence-electron chi connectivity index (χ4n) is 3.45. The van der Waals surface area contributed by atoms with Crippen LogP contribution in [0.5, 0.6) is 0 Å². The fraction of sp³-hybridized carbons (Fsp3) is 0.750. The van der Waals surface area contributed by atoms with E-state index in [0.29, 0.717) is 6.04 Å². The topological polar surface area (TPSA) is 50.2 Å². The zero-order valence-electron chi connectivity index (χ0n) is 13.1. The molecule has 1 saturated carbocycles. The van der Waals surface area contributed by atoms with Gasteiger partial charge in [-0.1, -0.05) is 6.42 Å². The molecule has 0 spiro atoms. The molecule has 1 N–H and O–H groups in total. The molecule has 0 bridgehead atoms. The zero-order chi connectivity index (χ0) is 14.8. The number of piperidine rings is 1. The van der Waals surface area contributed by atoms with Gasteiger partial charge in [0.1, 0.15) is 5.82 Å². The third-order valence-corrected chi connectivity index (χ3v) is 5.03. The third-order valence-electron chi connectivity index (χ3n) is 5.03. The first-order valence-electron chi connectivity index (χ1n) is 8.30. The Bertz CT molecular complexity index is 494. The minimum Gasteiger partial charge on any atom is -0.303 e. The van der Waals surface area contributed by atoms with E-state index in [2.05, 4.69) is 24.3 Å². The molecule has 3 rings (SSSR count). The lowest BCUT2D eigenvalue weighted by Gasteiger charge is -2.38. The lowest BCUT2D eigenvalue weighted by atomic mass is 9.80. The lowest BCUT2D eigenvalue weighted by molar-refractivity contribution is -0.122. The van der Waals surface area contributed by atoms with E-state index >= 15 is 0 Å². The highest BCUT2D eigenvalue weighted by Gasteiger charge is 2.34. The van der Waals surface area contributed by atoms with Crippen LogP contribution < -0.4 is 10.2 Å². The van der Waals surface area contributed by atoms with Crippen LogP contribution >= 0.6 is 0 Å². The van der Waals surface area contributed by atoms with Crippen molar-refractivity contribution >= 4 is 11.7 Å². The van der Waals surface area contributed by atoms with Crippen molar-refractivity contribution in [1.82, 2.24) is 15.1 Å². The van der Waals surface area contributed by atoms with E-state index in [-0.39, 0.29) is 11.9 Å². The predicted molar refractivity (Wildman–Crippen MR) is 83.2 cm³/mol. The van der Waals surface area contributed by atoms with Crippen molar-refractivity contribution in [3.63, 3.8) is 0 Å². The van der Waals surface area contributed by atoms with Gasteiger partial charge in [0.2, 0.25) is 5.91 Å². The second kappa shape index (κ2) is 6.18. The number of hydrogen-bond acceptors (Lipinski definition) is 3. The summed E-state index contributed by atoms with van der Waals surface area (Å²) in [5.74, 6) is 1.90. The predicted octanol–water partition coefficient (Wildman–Crippen LogP) is 2.18. The molecule has 1 aromatic rings. The molecule has 2 fully saturated rings. The minimum absolute atomic E-state index is 0.0328. The zero-order valence-corrected chi connectivity index (χ0v) is 13.1. The molecule has 1 aliphatic heterocycles. The first-order valence-corrected chi connectivity index (χ1v) is 8.30. The normalized spacial score (nSPS) is 25.0. The number of nitrogens with zero attached hydrogens (tertiary/aromatic N) is 3. The first-order chi connectivity index (χ1) is 10.2. The van der Waals surface area contributed by atoms with E-state index < -0.39 is 0 Å². The summed E-state index contributed by atoms with van der Waals surface area (Å²) in [7, 11) is 0. The molecule has 2 aliphatic rings. The van der Waals surface area contributed by atoms with Crippen molar-refractivity contribution in [1.29, 1.82) is 0 Å². The standard InChI is InChI=1S/C16H26N4O/c1-3-20-15(9-10-17-20)19-11-5-8-14(16(19)21)18-12(2)13-6-4-7-13/h9-10,12-14,18H,3-8,11H2,1-2H3/t12-,14+/m0/s1. The molecule has 5 nitrogen and oxygen atoms in total. The smallest absolute Gasteiger partial charge is 0.245 e. The molecule has 0 aromatic carbocycles. The van der Waals surface area contributed by atoms with Crippen molar-refractivity contribution in [2.24, 2.45) is 5.92 Å². The van der Waals surface area contributed by atoms with Crippen molar-refractivity contribution in [3.8, 4) is 0 Å².